The number of hydrogen-bond donors (Lipinski definition) is 1. The van der Waals surface area contributed by atoms with E-state index in [1.165, 1.54) is 18.2 Å². The van der Waals surface area contributed by atoms with Crippen molar-refractivity contribution >= 4 is 28.9 Å². The second kappa shape index (κ2) is 5.55. The van der Waals surface area contributed by atoms with E-state index in [1.54, 1.807) is 18.2 Å². The first-order valence-corrected chi connectivity index (χ1v) is 5.96. The first-order valence-electron chi connectivity index (χ1n) is 5.20. The van der Waals surface area contributed by atoms with Gasteiger partial charge >= 0.3 is 0 Å². The van der Waals surface area contributed by atoms with Crippen LogP contribution in [0.3, 0.4) is 0 Å². The Hall–Kier alpha value is -1.32. The number of nitrogens with one attached hydrogen (secondary N) is 1. The summed E-state index contributed by atoms with van der Waals surface area (Å²) in [6.45, 7) is 0.149. The van der Waals surface area contributed by atoms with Crippen molar-refractivity contribution in [2.24, 2.45) is 0 Å². The van der Waals surface area contributed by atoms with Crippen molar-refractivity contribution in [1.29, 1.82) is 0 Å². The Balaban J connectivity index is 2.22. The molecule has 2 aromatic carbocycles. The van der Waals surface area contributed by atoms with Crippen LogP contribution in [0.25, 0.3) is 0 Å². The van der Waals surface area contributed by atoms with Crippen molar-refractivity contribution in [3.8, 4) is 0 Å². The monoisotopic (exact) mass is 287 g/mol. The highest BCUT2D eigenvalue weighted by molar-refractivity contribution is 6.36. The molecule has 0 amide bonds. The molecule has 0 aliphatic heterocycles. The van der Waals surface area contributed by atoms with Gasteiger partial charge in [-0.25, -0.2) is 8.78 Å². The molecular formula is C13H9Cl2F2N. The number of anilines is 1. The molecule has 0 saturated heterocycles. The van der Waals surface area contributed by atoms with Gasteiger partial charge in [-0.2, -0.15) is 0 Å². The maximum Gasteiger partial charge on any atom is 0.149 e. The Morgan fingerprint density at radius 2 is 1.39 bits per heavy atom. The molecular weight excluding hydrogens is 279 g/mol. The van der Waals surface area contributed by atoms with Crippen LogP contribution in [-0.4, -0.2) is 0 Å². The Bertz CT molecular complexity index is 481. The topological polar surface area (TPSA) is 12.0 Å². The van der Waals surface area contributed by atoms with Crippen molar-refractivity contribution in [1.82, 2.24) is 0 Å². The molecule has 18 heavy (non-hydrogen) atoms. The van der Waals surface area contributed by atoms with E-state index in [9.17, 15) is 8.78 Å². The summed E-state index contributed by atoms with van der Waals surface area (Å²) in [5.74, 6) is -1.31. The fourth-order valence-electron chi connectivity index (χ4n) is 1.54. The fourth-order valence-corrected chi connectivity index (χ4v) is 2.08. The van der Waals surface area contributed by atoms with Gasteiger partial charge in [-0.15, -0.1) is 0 Å². The minimum atomic E-state index is -0.654. The van der Waals surface area contributed by atoms with Crippen LogP contribution in [0.5, 0.6) is 0 Å². The second-order valence-corrected chi connectivity index (χ2v) is 4.46. The highest BCUT2D eigenvalue weighted by atomic mass is 35.5. The number of rotatable bonds is 3. The molecule has 5 heteroatoms. The van der Waals surface area contributed by atoms with Gasteiger partial charge in [-0.1, -0.05) is 35.3 Å². The number of para-hydroxylation sites is 1. The summed E-state index contributed by atoms with van der Waals surface area (Å²) in [6.07, 6.45) is 0. The van der Waals surface area contributed by atoms with Crippen LogP contribution in [-0.2, 0) is 6.54 Å². The van der Waals surface area contributed by atoms with Crippen molar-refractivity contribution in [2.45, 2.75) is 6.54 Å². The Morgan fingerprint density at radius 3 is 1.94 bits per heavy atom. The van der Waals surface area contributed by atoms with Gasteiger partial charge in [-0.3, -0.25) is 0 Å². The lowest BCUT2D eigenvalue weighted by Crippen LogP contribution is -2.04. The molecule has 0 atom stereocenters. The standard InChI is InChI=1S/C13H9Cl2F2N/c14-9-3-1-4-10(15)8(9)7-18-13-11(16)5-2-6-12(13)17/h1-6,18H,7H2. The maximum atomic E-state index is 13.4. The molecule has 1 N–H and O–H groups in total. The van der Waals surface area contributed by atoms with Crippen molar-refractivity contribution < 1.29 is 8.78 Å². The smallest absolute Gasteiger partial charge is 0.149 e. The van der Waals surface area contributed by atoms with Crippen LogP contribution < -0.4 is 5.32 Å². The van der Waals surface area contributed by atoms with Gasteiger partial charge in [-0.05, 0) is 24.3 Å². The highest BCUT2D eigenvalue weighted by Gasteiger charge is 2.10. The average molecular weight is 288 g/mol. The minimum absolute atomic E-state index is 0.149. The van der Waals surface area contributed by atoms with E-state index in [1.807, 2.05) is 0 Å². The van der Waals surface area contributed by atoms with Gasteiger partial charge in [0.2, 0.25) is 0 Å². The molecule has 0 bridgehead atoms. The second-order valence-electron chi connectivity index (χ2n) is 3.65. The van der Waals surface area contributed by atoms with Crippen LogP contribution in [0, 0.1) is 11.6 Å². The predicted octanol–water partition coefficient (Wildman–Crippen LogP) is 4.88. The molecule has 0 unspecified atom stereocenters. The largest absolute Gasteiger partial charge is 0.376 e. The lowest BCUT2D eigenvalue weighted by atomic mass is 10.2. The summed E-state index contributed by atoms with van der Waals surface area (Å²) < 4.78 is 26.8. The zero-order valence-electron chi connectivity index (χ0n) is 9.18. The van der Waals surface area contributed by atoms with E-state index in [2.05, 4.69) is 5.32 Å². The SMILES string of the molecule is Fc1cccc(F)c1NCc1c(Cl)cccc1Cl. The van der Waals surface area contributed by atoms with E-state index >= 15 is 0 Å². The van der Waals surface area contributed by atoms with Gasteiger partial charge < -0.3 is 5.32 Å². The quantitative estimate of drug-likeness (QED) is 0.848. The fraction of sp³-hybridized carbons (Fsp3) is 0.0769. The molecule has 0 saturated carbocycles. The van der Waals surface area contributed by atoms with Crippen LogP contribution in [0.1, 0.15) is 5.56 Å². The van der Waals surface area contributed by atoms with E-state index in [4.69, 9.17) is 23.2 Å². The first kappa shape index (κ1) is 13.1. The summed E-state index contributed by atoms with van der Waals surface area (Å²) in [5, 5.41) is 3.56. The van der Waals surface area contributed by atoms with Crippen LogP contribution >= 0.6 is 23.2 Å². The summed E-state index contributed by atoms with van der Waals surface area (Å²) in [4.78, 5) is 0. The summed E-state index contributed by atoms with van der Waals surface area (Å²) in [6, 6.07) is 8.71. The zero-order valence-corrected chi connectivity index (χ0v) is 10.7. The predicted molar refractivity (Wildman–Crippen MR) is 70.1 cm³/mol. The van der Waals surface area contributed by atoms with E-state index < -0.39 is 11.6 Å². The number of hydrogen-bond acceptors (Lipinski definition) is 1. The normalized spacial score (nSPS) is 10.4. The number of benzene rings is 2. The van der Waals surface area contributed by atoms with Crippen molar-refractivity contribution in [3.05, 3.63) is 63.6 Å². The van der Waals surface area contributed by atoms with Crippen molar-refractivity contribution in [2.75, 3.05) is 5.32 Å². The lowest BCUT2D eigenvalue weighted by Gasteiger charge is -2.11. The van der Waals surface area contributed by atoms with Crippen molar-refractivity contribution in [3.63, 3.8) is 0 Å². The Labute approximate surface area is 113 Å². The third kappa shape index (κ3) is 2.74. The van der Waals surface area contributed by atoms with Crippen LogP contribution in [0.2, 0.25) is 10.0 Å². The van der Waals surface area contributed by atoms with Gasteiger partial charge in [0.25, 0.3) is 0 Å². The summed E-state index contributed by atoms with van der Waals surface area (Å²) >= 11 is 11.9. The highest BCUT2D eigenvalue weighted by Crippen LogP contribution is 2.26. The van der Waals surface area contributed by atoms with Gasteiger partial charge in [0.15, 0.2) is 0 Å². The van der Waals surface area contributed by atoms with Gasteiger partial charge in [0.1, 0.15) is 17.3 Å². The molecule has 0 heterocycles. The molecule has 0 aliphatic carbocycles. The molecule has 0 aliphatic rings. The Kier molecular flexibility index (Phi) is 4.04. The molecule has 0 aromatic heterocycles. The van der Waals surface area contributed by atoms with E-state index in [0.29, 0.717) is 15.6 Å². The molecule has 1 nitrogen and oxygen atoms in total. The Morgan fingerprint density at radius 1 is 0.889 bits per heavy atom. The third-order valence-corrected chi connectivity index (χ3v) is 3.17. The molecule has 0 spiro atoms. The minimum Gasteiger partial charge on any atom is -0.376 e. The molecule has 0 radical (unpaired) electrons. The molecule has 2 aromatic rings. The van der Waals surface area contributed by atoms with Gasteiger partial charge in [0, 0.05) is 22.2 Å². The summed E-state index contributed by atoms with van der Waals surface area (Å²) in [5.41, 5.74) is 0.414. The van der Waals surface area contributed by atoms with E-state index in [-0.39, 0.29) is 12.2 Å². The average Bonchev–Trinajstić information content (AvgIpc) is 2.31. The maximum absolute atomic E-state index is 13.4. The van der Waals surface area contributed by atoms with Crippen LogP contribution in [0.4, 0.5) is 14.5 Å². The molecule has 94 valence electrons. The van der Waals surface area contributed by atoms with E-state index in [0.717, 1.165) is 0 Å². The lowest BCUT2D eigenvalue weighted by molar-refractivity contribution is 0.588. The number of halogens is 4. The third-order valence-electron chi connectivity index (χ3n) is 2.47. The summed E-state index contributed by atoms with van der Waals surface area (Å²) in [7, 11) is 0. The molecule has 2 rings (SSSR count). The zero-order chi connectivity index (χ0) is 13.1. The molecule has 0 fully saturated rings. The van der Waals surface area contributed by atoms with Crippen LogP contribution in [0.15, 0.2) is 36.4 Å². The first-order chi connectivity index (χ1) is 8.59. The van der Waals surface area contributed by atoms with Gasteiger partial charge in [0.05, 0.1) is 0 Å².